The van der Waals surface area contributed by atoms with Gasteiger partial charge in [0.2, 0.25) is 0 Å². The van der Waals surface area contributed by atoms with Crippen molar-refractivity contribution in [2.24, 2.45) is 0 Å². The van der Waals surface area contributed by atoms with Gasteiger partial charge in [-0.2, -0.15) is 0 Å². The maximum atomic E-state index is 11.3. The van der Waals surface area contributed by atoms with Crippen molar-refractivity contribution < 1.29 is 23.7 Å². The number of rotatable bonds is 8. The number of esters is 1. The standard InChI is InChI=1S/C16H22O5/c1-5-19-13-9-10-14(20-6-2)16(21-7-3)12(13)8-11-15(17)18-4/h8-11H,5-7H2,1-4H3. The minimum atomic E-state index is -0.443. The van der Waals surface area contributed by atoms with Crippen molar-refractivity contribution in [3.05, 3.63) is 23.8 Å². The fourth-order valence-corrected chi connectivity index (χ4v) is 1.78. The molecule has 0 unspecified atom stereocenters. The molecule has 21 heavy (non-hydrogen) atoms. The summed E-state index contributed by atoms with van der Waals surface area (Å²) in [7, 11) is 1.33. The fraction of sp³-hybridized carbons (Fsp3) is 0.438. The van der Waals surface area contributed by atoms with E-state index in [4.69, 9.17) is 14.2 Å². The van der Waals surface area contributed by atoms with E-state index in [2.05, 4.69) is 4.74 Å². The van der Waals surface area contributed by atoms with E-state index >= 15 is 0 Å². The molecule has 0 heterocycles. The maximum Gasteiger partial charge on any atom is 0.330 e. The summed E-state index contributed by atoms with van der Waals surface area (Å²) in [6.07, 6.45) is 2.94. The molecule has 0 atom stereocenters. The number of hydrogen-bond acceptors (Lipinski definition) is 5. The smallest absolute Gasteiger partial charge is 0.330 e. The summed E-state index contributed by atoms with van der Waals surface area (Å²) in [5.74, 6) is 1.36. The molecule has 0 amide bonds. The van der Waals surface area contributed by atoms with Crippen LogP contribution in [0.3, 0.4) is 0 Å². The Hall–Kier alpha value is -2.17. The number of carbonyl (C=O) groups is 1. The van der Waals surface area contributed by atoms with Gasteiger partial charge in [-0.25, -0.2) is 4.79 Å². The zero-order chi connectivity index (χ0) is 15.7. The molecule has 5 nitrogen and oxygen atoms in total. The second kappa shape index (κ2) is 8.89. The molecule has 0 saturated carbocycles. The summed E-state index contributed by atoms with van der Waals surface area (Å²) in [5.41, 5.74) is 0.662. The van der Waals surface area contributed by atoms with Gasteiger partial charge in [0.1, 0.15) is 5.75 Å². The molecule has 0 fully saturated rings. The molecule has 0 N–H and O–H groups in total. The Labute approximate surface area is 125 Å². The van der Waals surface area contributed by atoms with Crippen LogP contribution in [0.1, 0.15) is 26.3 Å². The molecular formula is C16H22O5. The molecule has 0 bridgehead atoms. The average molecular weight is 294 g/mol. The molecule has 0 aliphatic heterocycles. The summed E-state index contributed by atoms with van der Waals surface area (Å²) in [4.78, 5) is 11.3. The van der Waals surface area contributed by atoms with Crippen LogP contribution in [0.15, 0.2) is 18.2 Å². The number of methoxy groups -OCH3 is 1. The predicted molar refractivity (Wildman–Crippen MR) is 81.0 cm³/mol. The van der Waals surface area contributed by atoms with Gasteiger partial charge in [-0.1, -0.05) is 0 Å². The first-order valence-corrected chi connectivity index (χ1v) is 6.99. The summed E-state index contributed by atoms with van der Waals surface area (Å²) >= 11 is 0. The van der Waals surface area contributed by atoms with Crippen molar-refractivity contribution in [3.63, 3.8) is 0 Å². The zero-order valence-corrected chi connectivity index (χ0v) is 13.0. The van der Waals surface area contributed by atoms with Crippen LogP contribution in [0.5, 0.6) is 17.2 Å². The predicted octanol–water partition coefficient (Wildman–Crippen LogP) is 3.07. The van der Waals surface area contributed by atoms with Crippen LogP contribution in [0, 0.1) is 0 Å². The first-order chi connectivity index (χ1) is 10.2. The Morgan fingerprint density at radius 2 is 1.57 bits per heavy atom. The molecule has 5 heteroatoms. The molecule has 0 saturated heterocycles. The lowest BCUT2D eigenvalue weighted by Crippen LogP contribution is -2.03. The number of ether oxygens (including phenoxy) is 4. The van der Waals surface area contributed by atoms with Gasteiger partial charge in [-0.15, -0.1) is 0 Å². The molecule has 0 aliphatic carbocycles. The van der Waals surface area contributed by atoms with Crippen LogP contribution in [-0.2, 0) is 9.53 Å². The Kier molecular flexibility index (Phi) is 7.15. The third kappa shape index (κ3) is 4.70. The van der Waals surface area contributed by atoms with Crippen LogP contribution >= 0.6 is 0 Å². The third-order valence-corrected chi connectivity index (χ3v) is 2.60. The van der Waals surface area contributed by atoms with Gasteiger partial charge in [0.15, 0.2) is 11.5 Å². The minimum absolute atomic E-state index is 0.443. The highest BCUT2D eigenvalue weighted by Crippen LogP contribution is 2.39. The molecule has 0 spiro atoms. The number of benzene rings is 1. The van der Waals surface area contributed by atoms with Crippen LogP contribution in [-0.4, -0.2) is 32.9 Å². The van der Waals surface area contributed by atoms with E-state index in [0.29, 0.717) is 42.6 Å². The third-order valence-electron chi connectivity index (χ3n) is 2.60. The highest BCUT2D eigenvalue weighted by molar-refractivity contribution is 5.88. The second-order valence-electron chi connectivity index (χ2n) is 3.96. The van der Waals surface area contributed by atoms with Crippen molar-refractivity contribution in [2.45, 2.75) is 20.8 Å². The van der Waals surface area contributed by atoms with E-state index in [0.717, 1.165) is 0 Å². The van der Waals surface area contributed by atoms with E-state index in [9.17, 15) is 4.79 Å². The minimum Gasteiger partial charge on any atom is -0.493 e. The first kappa shape index (κ1) is 16.9. The summed E-state index contributed by atoms with van der Waals surface area (Å²) in [6.45, 7) is 7.19. The quantitative estimate of drug-likeness (QED) is 0.545. The maximum absolute atomic E-state index is 11.3. The average Bonchev–Trinajstić information content (AvgIpc) is 2.49. The Bertz CT molecular complexity index is 494. The lowest BCUT2D eigenvalue weighted by molar-refractivity contribution is -0.134. The second-order valence-corrected chi connectivity index (χ2v) is 3.96. The summed E-state index contributed by atoms with van der Waals surface area (Å²) in [5, 5.41) is 0. The molecular weight excluding hydrogens is 272 g/mol. The van der Waals surface area contributed by atoms with Crippen LogP contribution in [0.2, 0.25) is 0 Å². The van der Waals surface area contributed by atoms with Crippen LogP contribution in [0.25, 0.3) is 6.08 Å². The van der Waals surface area contributed by atoms with Crippen LogP contribution in [0.4, 0.5) is 0 Å². The van der Waals surface area contributed by atoms with Gasteiger partial charge in [0, 0.05) is 6.08 Å². The molecule has 1 aromatic rings. The van der Waals surface area contributed by atoms with Gasteiger partial charge in [-0.05, 0) is 39.0 Å². The summed E-state index contributed by atoms with van der Waals surface area (Å²) in [6, 6.07) is 3.60. The first-order valence-electron chi connectivity index (χ1n) is 6.99. The SMILES string of the molecule is CCOc1ccc(OCC)c(OCC)c1C=CC(=O)OC. The molecule has 1 aromatic carbocycles. The van der Waals surface area contributed by atoms with Gasteiger partial charge in [-0.3, -0.25) is 0 Å². The van der Waals surface area contributed by atoms with Crippen molar-refractivity contribution >= 4 is 12.0 Å². The topological polar surface area (TPSA) is 54.0 Å². The Morgan fingerprint density at radius 1 is 1.00 bits per heavy atom. The molecule has 0 radical (unpaired) electrons. The molecule has 0 aliphatic rings. The number of carbonyl (C=O) groups excluding carboxylic acids is 1. The van der Waals surface area contributed by atoms with Gasteiger partial charge in [0.25, 0.3) is 0 Å². The van der Waals surface area contributed by atoms with Crippen molar-refractivity contribution in [2.75, 3.05) is 26.9 Å². The van der Waals surface area contributed by atoms with Crippen LogP contribution < -0.4 is 14.2 Å². The largest absolute Gasteiger partial charge is 0.493 e. The van der Waals surface area contributed by atoms with Gasteiger partial charge >= 0.3 is 5.97 Å². The van der Waals surface area contributed by atoms with E-state index in [-0.39, 0.29) is 0 Å². The summed E-state index contributed by atoms with van der Waals surface area (Å²) < 4.78 is 21.4. The molecule has 116 valence electrons. The van der Waals surface area contributed by atoms with Crippen molar-refractivity contribution in [3.8, 4) is 17.2 Å². The van der Waals surface area contributed by atoms with E-state index in [1.165, 1.54) is 13.2 Å². The fourth-order valence-electron chi connectivity index (χ4n) is 1.78. The zero-order valence-electron chi connectivity index (χ0n) is 13.0. The molecule has 1 rings (SSSR count). The lowest BCUT2D eigenvalue weighted by atomic mass is 10.1. The van der Waals surface area contributed by atoms with Gasteiger partial charge in [0.05, 0.1) is 32.5 Å². The normalized spacial score (nSPS) is 10.5. The Morgan fingerprint density at radius 3 is 2.14 bits per heavy atom. The van der Waals surface area contributed by atoms with E-state index < -0.39 is 5.97 Å². The highest BCUT2D eigenvalue weighted by atomic mass is 16.5. The van der Waals surface area contributed by atoms with E-state index in [1.54, 1.807) is 18.2 Å². The van der Waals surface area contributed by atoms with E-state index in [1.807, 2.05) is 20.8 Å². The van der Waals surface area contributed by atoms with Crippen molar-refractivity contribution in [1.29, 1.82) is 0 Å². The van der Waals surface area contributed by atoms with Crippen molar-refractivity contribution in [1.82, 2.24) is 0 Å². The molecule has 0 aromatic heterocycles. The monoisotopic (exact) mass is 294 g/mol. The Balaban J connectivity index is 3.31. The lowest BCUT2D eigenvalue weighted by Gasteiger charge is -2.16. The van der Waals surface area contributed by atoms with Gasteiger partial charge < -0.3 is 18.9 Å². The number of hydrogen-bond donors (Lipinski definition) is 0. The highest BCUT2D eigenvalue weighted by Gasteiger charge is 2.15.